The van der Waals surface area contributed by atoms with Crippen molar-refractivity contribution >= 4 is 22.2 Å². The summed E-state index contributed by atoms with van der Waals surface area (Å²) in [6, 6.07) is 8.39. The Kier molecular flexibility index (Phi) is 6.26. The second-order valence-corrected chi connectivity index (χ2v) is 3.77. The Morgan fingerprint density at radius 2 is 1.75 bits per heavy atom. The second-order valence-electron chi connectivity index (χ2n) is 3.21. The Hall–Kier alpha value is -1.35. The normalized spacial score (nSPS) is 11.1. The molecule has 0 aliphatic carbocycles. The fourth-order valence-corrected chi connectivity index (χ4v) is 1.53. The van der Waals surface area contributed by atoms with E-state index in [2.05, 4.69) is 45.5 Å². The molecule has 0 saturated carbocycles. The highest BCUT2D eigenvalue weighted by Gasteiger charge is 1.91. The van der Waals surface area contributed by atoms with E-state index in [0.717, 1.165) is 18.2 Å². The van der Waals surface area contributed by atoms with E-state index in [9.17, 15) is 4.79 Å². The van der Waals surface area contributed by atoms with E-state index in [4.69, 9.17) is 0 Å². The summed E-state index contributed by atoms with van der Waals surface area (Å²) in [5.74, 6) is 0. The minimum absolute atomic E-state index is 0.753. The molecule has 0 bridgehead atoms. The van der Waals surface area contributed by atoms with E-state index < -0.39 is 0 Å². The first-order chi connectivity index (χ1) is 7.86. The van der Waals surface area contributed by atoms with Crippen LogP contribution < -0.4 is 5.32 Å². The smallest absolute Gasteiger partial charge is 0.142 e. The maximum atomic E-state index is 9.97. The summed E-state index contributed by atoms with van der Waals surface area (Å²) in [5.41, 5.74) is 2.50. The standard InChI is InChI=1S/C13H14BrNO/c14-10-12-4-6-13(7-5-12)11-15-8-2-1-3-9-16/h1-9,15H,10-11H2/b3-1-,8-2-. The third kappa shape index (κ3) is 4.94. The van der Waals surface area contributed by atoms with Gasteiger partial charge in [-0.3, -0.25) is 4.79 Å². The molecule has 1 rings (SSSR count). The maximum absolute atomic E-state index is 9.97. The third-order valence-electron chi connectivity index (χ3n) is 2.00. The molecule has 0 saturated heterocycles. The van der Waals surface area contributed by atoms with Crippen molar-refractivity contribution in [1.82, 2.24) is 5.32 Å². The quantitative estimate of drug-likeness (QED) is 0.376. The molecular weight excluding hydrogens is 266 g/mol. The van der Waals surface area contributed by atoms with Crippen molar-refractivity contribution < 1.29 is 4.79 Å². The van der Waals surface area contributed by atoms with Crippen LogP contribution in [0.3, 0.4) is 0 Å². The minimum atomic E-state index is 0.753. The Morgan fingerprint density at radius 1 is 1.06 bits per heavy atom. The van der Waals surface area contributed by atoms with Gasteiger partial charge in [0, 0.05) is 11.9 Å². The molecule has 0 amide bonds. The van der Waals surface area contributed by atoms with Gasteiger partial charge in [0.05, 0.1) is 0 Å². The third-order valence-corrected chi connectivity index (χ3v) is 2.65. The zero-order chi connectivity index (χ0) is 11.6. The summed E-state index contributed by atoms with van der Waals surface area (Å²) >= 11 is 3.41. The molecule has 84 valence electrons. The molecule has 1 aromatic carbocycles. The number of hydrogen-bond donors (Lipinski definition) is 1. The lowest BCUT2D eigenvalue weighted by Gasteiger charge is -2.02. The van der Waals surface area contributed by atoms with Crippen LogP contribution in [-0.2, 0) is 16.7 Å². The fraction of sp³-hybridized carbons (Fsp3) is 0.154. The van der Waals surface area contributed by atoms with Crippen LogP contribution in [0.15, 0.2) is 48.7 Å². The summed E-state index contributed by atoms with van der Waals surface area (Å²) in [4.78, 5) is 9.97. The van der Waals surface area contributed by atoms with Gasteiger partial charge in [0.25, 0.3) is 0 Å². The largest absolute Gasteiger partial charge is 0.387 e. The summed E-state index contributed by atoms with van der Waals surface area (Å²) in [5, 5.41) is 4.02. The predicted octanol–water partition coefficient (Wildman–Crippen LogP) is 2.94. The summed E-state index contributed by atoms with van der Waals surface area (Å²) < 4.78 is 0. The van der Waals surface area contributed by atoms with Crippen molar-refractivity contribution in [3.05, 3.63) is 59.8 Å². The van der Waals surface area contributed by atoms with E-state index >= 15 is 0 Å². The fourth-order valence-electron chi connectivity index (χ4n) is 1.16. The Morgan fingerprint density at radius 3 is 2.38 bits per heavy atom. The van der Waals surface area contributed by atoms with Crippen molar-refractivity contribution in [2.75, 3.05) is 0 Å². The minimum Gasteiger partial charge on any atom is -0.387 e. The molecular formula is C13H14BrNO. The highest BCUT2D eigenvalue weighted by molar-refractivity contribution is 9.08. The van der Waals surface area contributed by atoms with Crippen molar-refractivity contribution in [2.24, 2.45) is 0 Å². The predicted molar refractivity (Wildman–Crippen MR) is 70.3 cm³/mol. The molecule has 1 N–H and O–H groups in total. The molecule has 0 aliphatic heterocycles. The topological polar surface area (TPSA) is 29.1 Å². The van der Waals surface area contributed by atoms with Crippen LogP contribution in [-0.4, -0.2) is 6.29 Å². The summed E-state index contributed by atoms with van der Waals surface area (Å²) in [6.45, 7) is 0.786. The number of carbonyl (C=O) groups is 1. The Labute approximate surface area is 104 Å². The number of benzene rings is 1. The lowest BCUT2D eigenvalue weighted by molar-refractivity contribution is -0.104. The zero-order valence-electron chi connectivity index (χ0n) is 8.90. The lowest BCUT2D eigenvalue weighted by atomic mass is 10.1. The van der Waals surface area contributed by atoms with Crippen molar-refractivity contribution in [2.45, 2.75) is 11.9 Å². The van der Waals surface area contributed by atoms with Gasteiger partial charge in [-0.2, -0.15) is 0 Å². The van der Waals surface area contributed by atoms with Crippen LogP contribution in [0.4, 0.5) is 0 Å². The van der Waals surface area contributed by atoms with Gasteiger partial charge in [0.2, 0.25) is 0 Å². The van der Waals surface area contributed by atoms with Crippen LogP contribution in [0.5, 0.6) is 0 Å². The summed E-state index contributed by atoms with van der Waals surface area (Å²) in [7, 11) is 0. The van der Waals surface area contributed by atoms with Gasteiger partial charge in [-0.1, -0.05) is 46.3 Å². The molecule has 0 heterocycles. The van der Waals surface area contributed by atoms with E-state index in [1.807, 2.05) is 6.20 Å². The van der Waals surface area contributed by atoms with E-state index in [0.29, 0.717) is 0 Å². The van der Waals surface area contributed by atoms with Gasteiger partial charge in [-0.25, -0.2) is 0 Å². The number of allylic oxidation sites excluding steroid dienone is 3. The maximum Gasteiger partial charge on any atom is 0.142 e. The molecule has 0 atom stereocenters. The molecule has 0 spiro atoms. The average molecular weight is 280 g/mol. The van der Waals surface area contributed by atoms with Gasteiger partial charge in [0.15, 0.2) is 0 Å². The monoisotopic (exact) mass is 279 g/mol. The number of alkyl halides is 1. The van der Waals surface area contributed by atoms with E-state index in [1.165, 1.54) is 17.2 Å². The SMILES string of the molecule is O=C/C=C\C=C/NCc1ccc(CBr)cc1. The number of aldehydes is 1. The van der Waals surface area contributed by atoms with Crippen molar-refractivity contribution in [3.8, 4) is 0 Å². The average Bonchev–Trinajstić information content (AvgIpc) is 2.34. The molecule has 16 heavy (non-hydrogen) atoms. The van der Waals surface area contributed by atoms with Gasteiger partial charge in [0.1, 0.15) is 6.29 Å². The molecule has 0 radical (unpaired) electrons. The van der Waals surface area contributed by atoms with Crippen molar-refractivity contribution in [1.29, 1.82) is 0 Å². The Balaban J connectivity index is 2.34. The van der Waals surface area contributed by atoms with Crippen LogP contribution >= 0.6 is 15.9 Å². The van der Waals surface area contributed by atoms with Gasteiger partial charge in [-0.05, 0) is 29.5 Å². The highest BCUT2D eigenvalue weighted by atomic mass is 79.9. The van der Waals surface area contributed by atoms with Gasteiger partial charge in [-0.15, -0.1) is 0 Å². The number of hydrogen-bond acceptors (Lipinski definition) is 2. The van der Waals surface area contributed by atoms with Crippen LogP contribution in [0.2, 0.25) is 0 Å². The first-order valence-electron chi connectivity index (χ1n) is 5.01. The second kappa shape index (κ2) is 7.88. The Bertz CT molecular complexity index is 368. The molecule has 0 aliphatic rings. The molecule has 0 aromatic heterocycles. The molecule has 0 unspecified atom stereocenters. The van der Waals surface area contributed by atoms with Crippen LogP contribution in [0.25, 0.3) is 0 Å². The number of nitrogens with one attached hydrogen (secondary N) is 1. The molecule has 0 fully saturated rings. The first kappa shape index (κ1) is 12.7. The van der Waals surface area contributed by atoms with Crippen molar-refractivity contribution in [3.63, 3.8) is 0 Å². The number of carbonyl (C=O) groups excluding carboxylic acids is 1. The van der Waals surface area contributed by atoms with Gasteiger partial charge < -0.3 is 5.32 Å². The van der Waals surface area contributed by atoms with E-state index in [-0.39, 0.29) is 0 Å². The molecule has 2 nitrogen and oxygen atoms in total. The molecule has 1 aromatic rings. The lowest BCUT2D eigenvalue weighted by Crippen LogP contribution is -2.03. The van der Waals surface area contributed by atoms with Gasteiger partial charge >= 0.3 is 0 Å². The first-order valence-corrected chi connectivity index (χ1v) is 6.13. The van der Waals surface area contributed by atoms with E-state index in [1.54, 1.807) is 12.2 Å². The molecule has 3 heteroatoms. The van der Waals surface area contributed by atoms with Crippen LogP contribution in [0, 0.1) is 0 Å². The number of halogens is 1. The summed E-state index contributed by atoms with van der Waals surface area (Å²) in [6.07, 6.45) is 7.50. The zero-order valence-corrected chi connectivity index (χ0v) is 10.5. The number of rotatable bonds is 6. The van der Waals surface area contributed by atoms with Crippen LogP contribution in [0.1, 0.15) is 11.1 Å². The highest BCUT2D eigenvalue weighted by Crippen LogP contribution is 2.07.